The van der Waals surface area contributed by atoms with Gasteiger partial charge in [-0.2, -0.15) is 0 Å². The number of carbonyl (C=O) groups is 1. The van der Waals surface area contributed by atoms with Gasteiger partial charge in [0.05, 0.1) is 0 Å². The molecule has 0 spiro atoms. The number of carbonyl (C=O) groups excluding carboxylic acids is 1. The Kier molecular flexibility index (Phi) is 7.19. The molecule has 0 saturated carbocycles. The van der Waals surface area contributed by atoms with Crippen molar-refractivity contribution in [3.05, 3.63) is 89.7 Å². The minimum atomic E-state index is -0.0379. The largest absolute Gasteiger partial charge is 0.352 e. The van der Waals surface area contributed by atoms with Crippen LogP contribution in [0.2, 0.25) is 0 Å². The first kappa shape index (κ1) is 22.7. The van der Waals surface area contributed by atoms with Crippen LogP contribution in [-0.4, -0.2) is 32.2 Å². The van der Waals surface area contributed by atoms with Gasteiger partial charge in [-0.15, -0.1) is 10.2 Å². The molecule has 2 heterocycles. The molecule has 7 heteroatoms. The molecule has 0 aliphatic rings. The Hall–Kier alpha value is -3.45. The summed E-state index contributed by atoms with van der Waals surface area (Å²) >= 11 is 1.62. The summed E-state index contributed by atoms with van der Waals surface area (Å²) in [6, 6.07) is 19.9. The lowest BCUT2D eigenvalue weighted by atomic mass is 10.1. The summed E-state index contributed by atoms with van der Waals surface area (Å²) in [6.45, 7) is 6.91. The second-order valence-electron chi connectivity index (χ2n) is 8.31. The van der Waals surface area contributed by atoms with E-state index in [-0.39, 0.29) is 5.91 Å². The summed E-state index contributed by atoms with van der Waals surface area (Å²) in [5.74, 6) is 1.88. The maximum Gasteiger partial charge on any atom is 0.251 e. The highest BCUT2D eigenvalue weighted by atomic mass is 32.2. The van der Waals surface area contributed by atoms with Crippen LogP contribution in [0.5, 0.6) is 0 Å². The molecule has 0 unspecified atom stereocenters. The van der Waals surface area contributed by atoms with Crippen LogP contribution in [0.1, 0.15) is 35.3 Å². The molecule has 1 N–H and O–H groups in total. The lowest BCUT2D eigenvalue weighted by Gasteiger charge is -2.11. The molecule has 1 amide bonds. The lowest BCUT2D eigenvalue weighted by Crippen LogP contribution is -2.27. The van der Waals surface area contributed by atoms with Gasteiger partial charge in [0.2, 0.25) is 0 Å². The van der Waals surface area contributed by atoms with Crippen LogP contribution >= 0.6 is 11.8 Å². The molecule has 0 saturated heterocycles. The minimum Gasteiger partial charge on any atom is -0.352 e. The summed E-state index contributed by atoms with van der Waals surface area (Å²) in [6.07, 6.45) is 3.52. The summed E-state index contributed by atoms with van der Waals surface area (Å²) in [4.78, 5) is 16.4. The van der Waals surface area contributed by atoms with Crippen molar-refractivity contribution in [2.24, 2.45) is 5.92 Å². The topological polar surface area (TPSA) is 72.7 Å². The molecule has 0 aliphatic carbocycles. The first-order chi connectivity index (χ1) is 16.0. The molecular weight excluding hydrogens is 430 g/mol. The highest BCUT2D eigenvalue weighted by molar-refractivity contribution is 7.98. The molecule has 4 rings (SSSR count). The summed E-state index contributed by atoms with van der Waals surface area (Å²) in [7, 11) is 0. The van der Waals surface area contributed by atoms with Gasteiger partial charge in [0.25, 0.3) is 5.91 Å². The number of nitrogens with zero attached hydrogens (tertiary/aromatic N) is 4. The first-order valence-electron chi connectivity index (χ1n) is 10.9. The molecule has 2 aromatic heterocycles. The molecule has 0 aliphatic heterocycles. The smallest absolute Gasteiger partial charge is 0.251 e. The fourth-order valence-electron chi connectivity index (χ4n) is 3.35. The van der Waals surface area contributed by atoms with Crippen LogP contribution in [0.4, 0.5) is 0 Å². The first-order valence-corrected chi connectivity index (χ1v) is 11.9. The Morgan fingerprint density at radius 3 is 2.48 bits per heavy atom. The summed E-state index contributed by atoms with van der Waals surface area (Å²) < 4.78 is 2.08. The van der Waals surface area contributed by atoms with E-state index in [1.54, 1.807) is 24.2 Å². The Balaban J connectivity index is 1.55. The maximum absolute atomic E-state index is 12.3. The van der Waals surface area contributed by atoms with Crippen LogP contribution in [0.3, 0.4) is 0 Å². The van der Waals surface area contributed by atoms with E-state index >= 15 is 0 Å². The van der Waals surface area contributed by atoms with E-state index in [1.165, 1.54) is 5.56 Å². The van der Waals surface area contributed by atoms with Gasteiger partial charge < -0.3 is 5.32 Å². The molecule has 0 fully saturated rings. The number of aryl methyl sites for hydroxylation is 1. The van der Waals surface area contributed by atoms with E-state index in [2.05, 4.69) is 64.0 Å². The number of thioether (sulfide) groups is 1. The van der Waals surface area contributed by atoms with Crippen molar-refractivity contribution >= 4 is 17.7 Å². The van der Waals surface area contributed by atoms with Crippen molar-refractivity contribution < 1.29 is 4.79 Å². The second kappa shape index (κ2) is 10.4. The Labute approximate surface area is 198 Å². The van der Waals surface area contributed by atoms with Crippen LogP contribution < -0.4 is 5.32 Å². The van der Waals surface area contributed by atoms with E-state index in [0.717, 1.165) is 27.8 Å². The average Bonchev–Trinajstić information content (AvgIpc) is 3.26. The van der Waals surface area contributed by atoms with Crippen molar-refractivity contribution in [2.75, 3.05) is 6.54 Å². The number of aromatic nitrogens is 4. The van der Waals surface area contributed by atoms with Gasteiger partial charge in [-0.25, -0.2) is 0 Å². The molecule has 168 valence electrons. The van der Waals surface area contributed by atoms with Crippen LogP contribution in [0, 0.1) is 12.8 Å². The summed E-state index contributed by atoms with van der Waals surface area (Å²) in [5.41, 5.74) is 4.94. The van der Waals surface area contributed by atoms with Gasteiger partial charge in [0, 0.05) is 41.5 Å². The summed E-state index contributed by atoms with van der Waals surface area (Å²) in [5, 5.41) is 12.7. The zero-order valence-electron chi connectivity index (χ0n) is 19.0. The van der Waals surface area contributed by atoms with E-state index < -0.39 is 0 Å². The van der Waals surface area contributed by atoms with Crippen molar-refractivity contribution in [3.63, 3.8) is 0 Å². The monoisotopic (exact) mass is 457 g/mol. The number of hydrogen-bond acceptors (Lipinski definition) is 5. The fraction of sp³-hybridized carbons (Fsp3) is 0.231. The van der Waals surface area contributed by atoms with Gasteiger partial charge in [0.15, 0.2) is 11.0 Å². The number of hydrogen-bond donors (Lipinski definition) is 1. The average molecular weight is 458 g/mol. The molecule has 0 bridgehead atoms. The molecule has 0 atom stereocenters. The van der Waals surface area contributed by atoms with Crippen LogP contribution in [-0.2, 0) is 5.75 Å². The van der Waals surface area contributed by atoms with Gasteiger partial charge in [-0.05, 0) is 60.4 Å². The highest BCUT2D eigenvalue weighted by Crippen LogP contribution is 2.30. The fourth-order valence-corrected chi connectivity index (χ4v) is 4.26. The highest BCUT2D eigenvalue weighted by Gasteiger charge is 2.16. The second-order valence-corrected chi connectivity index (χ2v) is 9.25. The Bertz CT molecular complexity index is 1220. The number of rotatable bonds is 8. The van der Waals surface area contributed by atoms with Crippen molar-refractivity contribution in [2.45, 2.75) is 31.7 Å². The molecular formula is C26H27N5OS. The van der Waals surface area contributed by atoms with E-state index in [0.29, 0.717) is 23.8 Å². The van der Waals surface area contributed by atoms with Gasteiger partial charge in [-0.3, -0.25) is 14.3 Å². The van der Waals surface area contributed by atoms with Gasteiger partial charge in [-0.1, -0.05) is 49.9 Å². The zero-order chi connectivity index (χ0) is 23.2. The number of nitrogens with one attached hydrogen (secondary N) is 1. The van der Waals surface area contributed by atoms with Crippen molar-refractivity contribution in [1.29, 1.82) is 0 Å². The van der Waals surface area contributed by atoms with Gasteiger partial charge in [0.1, 0.15) is 0 Å². The molecule has 6 nitrogen and oxygen atoms in total. The van der Waals surface area contributed by atoms with Crippen molar-refractivity contribution in [1.82, 2.24) is 25.1 Å². The third-order valence-corrected chi connectivity index (χ3v) is 6.09. The standard InChI is InChI=1S/C26H27N5OS/c1-18(2)16-28-25(32)22-9-7-20(8-10-22)17-33-26-30-29-24(21-11-13-27-14-12-21)31(26)23-6-4-5-19(3)15-23/h4-15,18H,16-17H2,1-3H3,(H,28,32). The third kappa shape index (κ3) is 5.68. The van der Waals surface area contributed by atoms with E-state index in [4.69, 9.17) is 0 Å². The normalized spacial score (nSPS) is 11.0. The van der Waals surface area contributed by atoms with Gasteiger partial charge >= 0.3 is 0 Å². The molecule has 0 radical (unpaired) electrons. The van der Waals surface area contributed by atoms with E-state index in [9.17, 15) is 4.79 Å². The van der Waals surface area contributed by atoms with Crippen LogP contribution in [0.15, 0.2) is 78.2 Å². The SMILES string of the molecule is Cc1cccc(-n2c(SCc3ccc(C(=O)NCC(C)C)cc3)nnc2-c2ccncc2)c1. The zero-order valence-corrected chi connectivity index (χ0v) is 19.8. The van der Waals surface area contributed by atoms with Crippen LogP contribution in [0.25, 0.3) is 17.1 Å². The molecule has 33 heavy (non-hydrogen) atoms. The number of pyridine rings is 1. The number of amides is 1. The number of benzene rings is 2. The van der Waals surface area contributed by atoms with E-state index in [1.807, 2.05) is 42.5 Å². The maximum atomic E-state index is 12.3. The lowest BCUT2D eigenvalue weighted by molar-refractivity contribution is 0.0949. The predicted molar refractivity (Wildman–Crippen MR) is 133 cm³/mol. The Morgan fingerprint density at radius 1 is 1.03 bits per heavy atom. The molecule has 4 aromatic rings. The minimum absolute atomic E-state index is 0.0379. The predicted octanol–water partition coefficient (Wildman–Crippen LogP) is 5.32. The quantitative estimate of drug-likeness (QED) is 0.363. The molecule has 2 aromatic carbocycles. The third-order valence-electron chi connectivity index (χ3n) is 5.09. The van der Waals surface area contributed by atoms with Crippen molar-refractivity contribution in [3.8, 4) is 17.1 Å². The Morgan fingerprint density at radius 2 is 1.79 bits per heavy atom.